The first-order valence-electron chi connectivity index (χ1n) is 10.1. The largest absolute Gasteiger partial charge is 0.369 e. The van der Waals surface area contributed by atoms with Crippen LogP contribution in [0.2, 0.25) is 0 Å². The molecule has 0 radical (unpaired) electrons. The molecule has 1 aromatic rings. The maximum atomic E-state index is 12.8. The molecule has 0 spiro atoms. The van der Waals surface area contributed by atoms with Crippen LogP contribution in [0.4, 0.5) is 0 Å². The number of nitrogens with one attached hydrogen (secondary N) is 1. The minimum atomic E-state index is -0.590. The molecule has 1 aliphatic rings. The molecule has 5 nitrogen and oxygen atoms in total. The Morgan fingerprint density at radius 2 is 1.89 bits per heavy atom. The number of carbonyl (C=O) groups excluding carboxylic acids is 2. The molecule has 2 amide bonds. The van der Waals surface area contributed by atoms with Gasteiger partial charge < -0.3 is 16.8 Å². The lowest BCUT2D eigenvalue weighted by Gasteiger charge is -2.48. The Labute approximate surface area is 163 Å². The van der Waals surface area contributed by atoms with Crippen molar-refractivity contribution in [1.29, 1.82) is 0 Å². The lowest BCUT2D eigenvalue weighted by Crippen LogP contribution is -2.53. The summed E-state index contributed by atoms with van der Waals surface area (Å²) in [6, 6.07) is 9.87. The van der Waals surface area contributed by atoms with Gasteiger partial charge in [-0.15, -0.1) is 0 Å². The van der Waals surface area contributed by atoms with Crippen molar-refractivity contribution in [2.45, 2.75) is 58.9 Å². The monoisotopic (exact) mass is 373 g/mol. The molecule has 1 aromatic carbocycles. The van der Waals surface area contributed by atoms with Crippen molar-refractivity contribution < 1.29 is 9.59 Å². The van der Waals surface area contributed by atoms with Gasteiger partial charge in [-0.25, -0.2) is 0 Å². The summed E-state index contributed by atoms with van der Waals surface area (Å²) in [6.07, 6.45) is 4.15. The van der Waals surface area contributed by atoms with Crippen LogP contribution in [0.25, 0.3) is 0 Å². The molecule has 2 rings (SSSR count). The Morgan fingerprint density at radius 3 is 2.44 bits per heavy atom. The molecule has 0 bridgehead atoms. The third-order valence-corrected chi connectivity index (χ3v) is 6.17. The highest BCUT2D eigenvalue weighted by atomic mass is 16.2. The lowest BCUT2D eigenvalue weighted by atomic mass is 9.57. The molecule has 0 aliphatic heterocycles. The normalized spacial score (nSPS) is 26.6. The third kappa shape index (κ3) is 5.32. The average Bonchev–Trinajstić information content (AvgIpc) is 2.61. The summed E-state index contributed by atoms with van der Waals surface area (Å²) >= 11 is 0. The van der Waals surface area contributed by atoms with Crippen LogP contribution in [0.3, 0.4) is 0 Å². The number of hydrogen-bond acceptors (Lipinski definition) is 3. The maximum absolute atomic E-state index is 12.8. The number of primary amides is 1. The summed E-state index contributed by atoms with van der Waals surface area (Å²) in [5, 5.41) is 3.04. The van der Waals surface area contributed by atoms with E-state index >= 15 is 0 Å². The molecular weight excluding hydrogens is 338 g/mol. The molecule has 5 N–H and O–H groups in total. The first-order valence-corrected chi connectivity index (χ1v) is 10.1. The molecule has 1 fully saturated rings. The van der Waals surface area contributed by atoms with Crippen molar-refractivity contribution in [3.8, 4) is 0 Å². The highest BCUT2D eigenvalue weighted by molar-refractivity contribution is 5.82. The second-order valence-corrected chi connectivity index (χ2v) is 8.62. The number of rotatable bonds is 8. The third-order valence-electron chi connectivity index (χ3n) is 6.17. The van der Waals surface area contributed by atoms with Crippen molar-refractivity contribution in [2.75, 3.05) is 6.54 Å². The van der Waals surface area contributed by atoms with E-state index in [1.54, 1.807) is 0 Å². The fourth-order valence-corrected chi connectivity index (χ4v) is 5.00. The zero-order chi connectivity index (χ0) is 20.0. The number of benzene rings is 1. The van der Waals surface area contributed by atoms with Gasteiger partial charge in [0.25, 0.3) is 0 Å². The van der Waals surface area contributed by atoms with Gasteiger partial charge in [0.15, 0.2) is 0 Å². The first kappa shape index (κ1) is 21.4. The fourth-order valence-electron chi connectivity index (χ4n) is 5.00. The average molecular weight is 374 g/mol. The van der Waals surface area contributed by atoms with E-state index in [0.29, 0.717) is 24.7 Å². The number of carbonyl (C=O) groups is 2. The Kier molecular flexibility index (Phi) is 7.42. The highest BCUT2D eigenvalue weighted by Gasteiger charge is 2.49. The second kappa shape index (κ2) is 9.36. The Morgan fingerprint density at radius 1 is 1.22 bits per heavy atom. The van der Waals surface area contributed by atoms with Gasteiger partial charge in [-0.1, -0.05) is 57.5 Å². The molecule has 0 saturated heterocycles. The minimum absolute atomic E-state index is 0.0567. The van der Waals surface area contributed by atoms with Gasteiger partial charge in [0, 0.05) is 6.04 Å². The van der Waals surface area contributed by atoms with Crippen molar-refractivity contribution in [3.05, 3.63) is 35.9 Å². The van der Waals surface area contributed by atoms with Gasteiger partial charge in [-0.3, -0.25) is 9.59 Å². The second-order valence-electron chi connectivity index (χ2n) is 8.62. The van der Waals surface area contributed by atoms with Crippen molar-refractivity contribution in [3.63, 3.8) is 0 Å². The predicted octanol–water partition coefficient (Wildman–Crippen LogP) is 2.63. The van der Waals surface area contributed by atoms with Crippen LogP contribution in [0.5, 0.6) is 0 Å². The van der Waals surface area contributed by atoms with Gasteiger partial charge in [0.2, 0.25) is 11.8 Å². The van der Waals surface area contributed by atoms with Gasteiger partial charge in [0.1, 0.15) is 0 Å². The van der Waals surface area contributed by atoms with Crippen molar-refractivity contribution in [1.82, 2.24) is 5.32 Å². The van der Waals surface area contributed by atoms with E-state index in [1.165, 1.54) is 0 Å². The van der Waals surface area contributed by atoms with Crippen molar-refractivity contribution >= 4 is 11.8 Å². The molecule has 3 unspecified atom stereocenters. The molecule has 1 aliphatic carbocycles. The van der Waals surface area contributed by atoms with E-state index in [0.717, 1.165) is 24.8 Å². The summed E-state index contributed by atoms with van der Waals surface area (Å²) in [7, 11) is 0. The lowest BCUT2D eigenvalue weighted by molar-refractivity contribution is -0.138. The summed E-state index contributed by atoms with van der Waals surface area (Å²) in [6.45, 7) is 6.48. The number of nitrogens with two attached hydrogens (primary N) is 2. The Bertz CT molecular complexity index is 632. The van der Waals surface area contributed by atoms with E-state index < -0.39 is 5.41 Å². The predicted molar refractivity (Wildman–Crippen MR) is 109 cm³/mol. The van der Waals surface area contributed by atoms with Crippen LogP contribution < -0.4 is 16.8 Å². The van der Waals surface area contributed by atoms with Crippen LogP contribution in [-0.4, -0.2) is 24.4 Å². The number of amides is 2. The van der Waals surface area contributed by atoms with Crippen molar-refractivity contribution in [2.24, 2.45) is 34.6 Å². The maximum Gasteiger partial charge on any atom is 0.233 e. The van der Waals surface area contributed by atoms with Gasteiger partial charge in [-0.05, 0) is 49.0 Å². The van der Waals surface area contributed by atoms with Gasteiger partial charge in [0.05, 0.1) is 12.0 Å². The summed E-state index contributed by atoms with van der Waals surface area (Å²) in [5.74, 6) is 0.634. The van der Waals surface area contributed by atoms with E-state index in [2.05, 4.69) is 26.1 Å². The zero-order valence-corrected chi connectivity index (χ0v) is 16.9. The zero-order valence-electron chi connectivity index (χ0n) is 16.9. The molecule has 5 heteroatoms. The molecule has 150 valence electrons. The van der Waals surface area contributed by atoms with E-state index in [4.69, 9.17) is 11.5 Å². The highest BCUT2D eigenvalue weighted by Crippen LogP contribution is 2.50. The van der Waals surface area contributed by atoms with E-state index in [-0.39, 0.29) is 30.3 Å². The van der Waals surface area contributed by atoms with Crippen LogP contribution in [0, 0.1) is 23.2 Å². The van der Waals surface area contributed by atoms with Gasteiger partial charge >= 0.3 is 0 Å². The van der Waals surface area contributed by atoms with Crippen LogP contribution in [0.1, 0.15) is 52.0 Å². The van der Waals surface area contributed by atoms with Crippen LogP contribution in [-0.2, 0) is 16.0 Å². The SMILES string of the molecule is CC1CCC(C(C)C)C(C[C@H](Cc2ccccc2)NC(=O)CN)(C(N)=O)C1. The topological polar surface area (TPSA) is 98.2 Å². The standard InChI is InChI=1S/C22H35N3O2/c1-15(2)19-10-9-16(3)12-22(19,21(24)27)13-18(25-20(26)14-23)11-17-7-5-4-6-8-17/h4-8,15-16,18-19H,9-14,23H2,1-3H3,(H2,24,27)(H,25,26)/t16?,18-,19?,22?/m0/s1. The summed E-state index contributed by atoms with van der Waals surface area (Å²) < 4.78 is 0. The molecule has 1 saturated carbocycles. The summed E-state index contributed by atoms with van der Waals surface area (Å²) in [4.78, 5) is 24.8. The summed E-state index contributed by atoms with van der Waals surface area (Å²) in [5.41, 5.74) is 12.1. The van der Waals surface area contributed by atoms with E-state index in [1.807, 2.05) is 30.3 Å². The molecular formula is C22H35N3O2. The quantitative estimate of drug-likeness (QED) is 0.653. The molecule has 4 atom stereocenters. The molecule has 0 aromatic heterocycles. The fraction of sp³-hybridized carbons (Fsp3) is 0.636. The number of hydrogen-bond donors (Lipinski definition) is 3. The van der Waals surface area contributed by atoms with E-state index in [9.17, 15) is 9.59 Å². The molecule has 27 heavy (non-hydrogen) atoms. The van der Waals surface area contributed by atoms with Crippen LogP contribution in [0.15, 0.2) is 30.3 Å². The van der Waals surface area contributed by atoms with Gasteiger partial charge in [-0.2, -0.15) is 0 Å². The minimum Gasteiger partial charge on any atom is -0.369 e. The Balaban J connectivity index is 2.33. The molecule has 0 heterocycles. The first-order chi connectivity index (χ1) is 12.8. The smallest absolute Gasteiger partial charge is 0.233 e. The van der Waals surface area contributed by atoms with Crippen LogP contribution >= 0.6 is 0 Å². The Hall–Kier alpha value is -1.88.